The van der Waals surface area contributed by atoms with Gasteiger partial charge in [0.2, 0.25) is 5.28 Å². The fourth-order valence-corrected chi connectivity index (χ4v) is 2.81. The molecule has 2 aromatic heterocycles. The van der Waals surface area contributed by atoms with Gasteiger partial charge in [-0.1, -0.05) is 6.92 Å². The summed E-state index contributed by atoms with van der Waals surface area (Å²) in [6.45, 7) is 5.54. The Hall–Kier alpha value is -1.36. The van der Waals surface area contributed by atoms with E-state index in [-0.39, 0.29) is 5.28 Å². The summed E-state index contributed by atoms with van der Waals surface area (Å²) in [5.74, 6) is 1.56. The number of aromatic nitrogens is 4. The predicted molar refractivity (Wildman–Crippen MR) is 71.9 cm³/mol. The molecular formula is C12H16ClN5. The van der Waals surface area contributed by atoms with Crippen LogP contribution in [0.15, 0.2) is 6.20 Å². The molecule has 0 saturated carbocycles. The van der Waals surface area contributed by atoms with Gasteiger partial charge in [0.15, 0.2) is 5.65 Å². The summed E-state index contributed by atoms with van der Waals surface area (Å²) in [5, 5.41) is 8.10. The molecule has 3 heterocycles. The van der Waals surface area contributed by atoms with E-state index in [4.69, 9.17) is 11.6 Å². The van der Waals surface area contributed by atoms with Crippen LogP contribution in [0.1, 0.15) is 26.7 Å². The number of nitrogens with zero attached hydrogens (tertiary/aromatic N) is 4. The van der Waals surface area contributed by atoms with Gasteiger partial charge in [0.1, 0.15) is 5.82 Å². The van der Waals surface area contributed by atoms with E-state index in [1.54, 1.807) is 6.20 Å². The molecule has 96 valence electrons. The third kappa shape index (κ3) is 1.82. The van der Waals surface area contributed by atoms with Gasteiger partial charge in [-0.15, -0.1) is 0 Å². The van der Waals surface area contributed by atoms with Gasteiger partial charge >= 0.3 is 0 Å². The molecule has 0 bridgehead atoms. The van der Waals surface area contributed by atoms with Crippen molar-refractivity contribution in [1.29, 1.82) is 0 Å². The van der Waals surface area contributed by atoms with Crippen LogP contribution in [0.5, 0.6) is 0 Å². The van der Waals surface area contributed by atoms with Gasteiger partial charge in [0.25, 0.3) is 0 Å². The van der Waals surface area contributed by atoms with E-state index in [1.807, 2.05) is 0 Å². The molecule has 1 saturated heterocycles. The van der Waals surface area contributed by atoms with E-state index in [0.717, 1.165) is 17.7 Å². The lowest BCUT2D eigenvalue weighted by Crippen LogP contribution is -2.43. The van der Waals surface area contributed by atoms with Crippen LogP contribution in [0.2, 0.25) is 5.28 Å². The van der Waals surface area contributed by atoms with E-state index < -0.39 is 0 Å². The van der Waals surface area contributed by atoms with Gasteiger partial charge in [-0.05, 0) is 37.3 Å². The van der Waals surface area contributed by atoms with Crippen LogP contribution < -0.4 is 4.90 Å². The average molecular weight is 266 g/mol. The second kappa shape index (κ2) is 4.39. The van der Waals surface area contributed by atoms with Crippen molar-refractivity contribution in [2.24, 2.45) is 5.92 Å². The van der Waals surface area contributed by atoms with Gasteiger partial charge in [0, 0.05) is 12.6 Å². The molecule has 5 nitrogen and oxygen atoms in total. The second-order valence-electron chi connectivity index (χ2n) is 5.00. The third-order valence-electron chi connectivity index (χ3n) is 3.91. The molecule has 2 aromatic rings. The molecule has 1 N–H and O–H groups in total. The van der Waals surface area contributed by atoms with Gasteiger partial charge in [-0.25, -0.2) is 0 Å². The first-order chi connectivity index (χ1) is 8.66. The van der Waals surface area contributed by atoms with Crippen molar-refractivity contribution in [1.82, 2.24) is 20.2 Å². The Balaban J connectivity index is 2.10. The highest BCUT2D eigenvalue weighted by Crippen LogP contribution is 2.31. The number of hydrogen-bond acceptors (Lipinski definition) is 4. The third-order valence-corrected chi connectivity index (χ3v) is 4.08. The summed E-state index contributed by atoms with van der Waals surface area (Å²) >= 11 is 5.99. The first-order valence-electron chi connectivity index (χ1n) is 6.30. The Labute approximate surface area is 111 Å². The summed E-state index contributed by atoms with van der Waals surface area (Å²) in [7, 11) is 0. The smallest absolute Gasteiger partial charge is 0.226 e. The number of hydrogen-bond donors (Lipinski definition) is 1. The maximum absolute atomic E-state index is 5.99. The van der Waals surface area contributed by atoms with E-state index in [1.165, 1.54) is 12.8 Å². The monoisotopic (exact) mass is 265 g/mol. The molecule has 2 unspecified atom stereocenters. The Bertz CT molecular complexity index is 567. The van der Waals surface area contributed by atoms with E-state index in [0.29, 0.717) is 17.6 Å². The topological polar surface area (TPSA) is 57.7 Å². The fraction of sp³-hybridized carbons (Fsp3) is 0.583. The standard InChI is InChI=1S/C12H16ClN5/c1-7-4-3-5-18(8(7)2)11-9-6-14-17-10(9)15-12(13)16-11/h6-8H,3-5H2,1-2H3,(H,14,15,16,17). The van der Waals surface area contributed by atoms with E-state index in [9.17, 15) is 0 Å². The van der Waals surface area contributed by atoms with Crippen molar-refractivity contribution in [3.8, 4) is 0 Å². The number of nitrogens with one attached hydrogen (secondary N) is 1. The minimum Gasteiger partial charge on any atom is -0.353 e. The molecule has 3 rings (SSSR count). The SMILES string of the molecule is CC1CCCN(c2nc(Cl)nc3[nH]ncc23)C1C. The number of aromatic amines is 1. The molecule has 18 heavy (non-hydrogen) atoms. The van der Waals surface area contributed by atoms with Crippen molar-refractivity contribution in [3.05, 3.63) is 11.5 Å². The highest BCUT2D eigenvalue weighted by atomic mass is 35.5. The number of rotatable bonds is 1. The van der Waals surface area contributed by atoms with Crippen molar-refractivity contribution in [2.75, 3.05) is 11.4 Å². The van der Waals surface area contributed by atoms with E-state index >= 15 is 0 Å². The Morgan fingerprint density at radius 3 is 3.06 bits per heavy atom. The zero-order chi connectivity index (χ0) is 12.7. The lowest BCUT2D eigenvalue weighted by atomic mass is 9.92. The molecule has 0 radical (unpaired) electrons. The van der Waals surface area contributed by atoms with Crippen LogP contribution in [0, 0.1) is 5.92 Å². The Morgan fingerprint density at radius 2 is 2.22 bits per heavy atom. The first-order valence-corrected chi connectivity index (χ1v) is 6.68. The number of halogens is 1. The van der Waals surface area contributed by atoms with Crippen LogP contribution in [0.3, 0.4) is 0 Å². The van der Waals surface area contributed by atoms with Crippen LogP contribution in [-0.4, -0.2) is 32.8 Å². The predicted octanol–water partition coefficient (Wildman–Crippen LogP) is 2.63. The lowest BCUT2D eigenvalue weighted by Gasteiger charge is -2.38. The van der Waals surface area contributed by atoms with Crippen molar-refractivity contribution < 1.29 is 0 Å². The first kappa shape index (κ1) is 11.7. The minimum atomic E-state index is 0.271. The van der Waals surface area contributed by atoms with E-state index in [2.05, 4.69) is 38.9 Å². The molecule has 0 amide bonds. The zero-order valence-corrected chi connectivity index (χ0v) is 11.3. The molecule has 1 fully saturated rings. The van der Waals surface area contributed by atoms with Crippen LogP contribution in [-0.2, 0) is 0 Å². The maximum atomic E-state index is 5.99. The summed E-state index contributed by atoms with van der Waals surface area (Å²) in [4.78, 5) is 10.9. The summed E-state index contributed by atoms with van der Waals surface area (Å²) < 4.78 is 0. The van der Waals surface area contributed by atoms with Crippen molar-refractivity contribution >= 4 is 28.5 Å². The summed E-state index contributed by atoms with van der Waals surface area (Å²) in [6.07, 6.45) is 4.23. The Morgan fingerprint density at radius 1 is 1.39 bits per heavy atom. The van der Waals surface area contributed by atoms with Gasteiger partial charge in [0.05, 0.1) is 11.6 Å². The zero-order valence-electron chi connectivity index (χ0n) is 10.5. The Kier molecular flexibility index (Phi) is 2.86. The van der Waals surface area contributed by atoms with Crippen molar-refractivity contribution in [2.45, 2.75) is 32.7 Å². The molecule has 2 atom stereocenters. The maximum Gasteiger partial charge on any atom is 0.226 e. The number of anilines is 1. The molecule has 6 heteroatoms. The minimum absolute atomic E-state index is 0.271. The number of piperidine rings is 1. The molecule has 0 aliphatic carbocycles. The number of fused-ring (bicyclic) bond motifs is 1. The van der Waals surface area contributed by atoms with Crippen molar-refractivity contribution in [3.63, 3.8) is 0 Å². The normalized spacial score (nSPS) is 24.7. The fourth-order valence-electron chi connectivity index (χ4n) is 2.65. The largest absolute Gasteiger partial charge is 0.353 e. The van der Waals surface area contributed by atoms with Gasteiger partial charge < -0.3 is 4.90 Å². The molecule has 1 aliphatic heterocycles. The molecular weight excluding hydrogens is 250 g/mol. The second-order valence-corrected chi connectivity index (χ2v) is 5.34. The van der Waals surface area contributed by atoms with Gasteiger partial charge in [-0.2, -0.15) is 15.1 Å². The molecule has 0 spiro atoms. The lowest BCUT2D eigenvalue weighted by molar-refractivity contribution is 0.362. The average Bonchev–Trinajstić information content (AvgIpc) is 2.79. The highest BCUT2D eigenvalue weighted by Gasteiger charge is 2.27. The van der Waals surface area contributed by atoms with Crippen LogP contribution >= 0.6 is 11.6 Å². The van der Waals surface area contributed by atoms with Crippen LogP contribution in [0.25, 0.3) is 11.0 Å². The quantitative estimate of drug-likeness (QED) is 0.806. The molecule has 0 aromatic carbocycles. The number of H-pyrrole nitrogens is 1. The van der Waals surface area contributed by atoms with Crippen LogP contribution in [0.4, 0.5) is 5.82 Å². The van der Waals surface area contributed by atoms with Gasteiger partial charge in [-0.3, -0.25) is 5.10 Å². The highest BCUT2D eigenvalue weighted by molar-refractivity contribution is 6.28. The molecule has 1 aliphatic rings. The summed E-state index contributed by atoms with van der Waals surface area (Å²) in [5.41, 5.74) is 0.704. The summed E-state index contributed by atoms with van der Waals surface area (Å²) in [6, 6.07) is 0.461.